The Labute approximate surface area is 89.6 Å². The number of aliphatic hydroxyl groups excluding tert-OH is 1. The smallest absolute Gasteiger partial charge is 0.112 e. The maximum atomic E-state index is 9.59. The molecule has 0 aliphatic carbocycles. The molecule has 2 rings (SSSR count). The van der Waals surface area contributed by atoms with Crippen LogP contribution in [-0.4, -0.2) is 30.0 Å². The molecule has 1 N–H and O–H groups in total. The Morgan fingerprint density at radius 3 is 2.67 bits per heavy atom. The molecule has 0 unspecified atom stereocenters. The molecule has 82 valence electrons. The summed E-state index contributed by atoms with van der Waals surface area (Å²) in [6.07, 6.45) is -0.343. The zero-order valence-electron chi connectivity index (χ0n) is 8.80. The average Bonchev–Trinajstić information content (AvgIpc) is 2.97. The molecular formula is C12H16O3. The molecule has 1 heterocycles. The van der Waals surface area contributed by atoms with Crippen molar-refractivity contribution in [2.24, 2.45) is 0 Å². The van der Waals surface area contributed by atoms with Crippen LogP contribution < -0.4 is 0 Å². The molecule has 1 aliphatic heterocycles. The molecule has 0 spiro atoms. The summed E-state index contributed by atoms with van der Waals surface area (Å²) >= 11 is 0. The molecular weight excluding hydrogens is 192 g/mol. The van der Waals surface area contributed by atoms with Crippen molar-refractivity contribution in [2.75, 3.05) is 6.61 Å². The maximum Gasteiger partial charge on any atom is 0.112 e. The molecule has 1 saturated heterocycles. The molecule has 0 radical (unpaired) electrons. The second-order valence-electron chi connectivity index (χ2n) is 3.87. The molecule has 0 amide bonds. The second kappa shape index (κ2) is 4.75. The lowest BCUT2D eigenvalue weighted by Gasteiger charge is -2.08. The molecule has 1 fully saturated rings. The van der Waals surface area contributed by atoms with Crippen LogP contribution in [0, 0.1) is 0 Å². The quantitative estimate of drug-likeness (QED) is 0.743. The van der Waals surface area contributed by atoms with Crippen LogP contribution in [-0.2, 0) is 16.1 Å². The second-order valence-corrected chi connectivity index (χ2v) is 3.87. The summed E-state index contributed by atoms with van der Waals surface area (Å²) in [6.45, 7) is 2.83. The van der Waals surface area contributed by atoms with Crippen molar-refractivity contribution >= 4 is 0 Å². The minimum Gasteiger partial charge on any atom is -0.388 e. The molecule has 1 aromatic rings. The van der Waals surface area contributed by atoms with Gasteiger partial charge in [-0.2, -0.15) is 0 Å². The van der Waals surface area contributed by atoms with E-state index in [0.717, 1.165) is 5.56 Å². The zero-order chi connectivity index (χ0) is 10.7. The van der Waals surface area contributed by atoms with E-state index in [0.29, 0.717) is 13.2 Å². The van der Waals surface area contributed by atoms with E-state index in [1.165, 1.54) is 0 Å². The first-order valence-corrected chi connectivity index (χ1v) is 5.22. The fourth-order valence-electron chi connectivity index (χ4n) is 1.57. The monoisotopic (exact) mass is 208 g/mol. The van der Waals surface area contributed by atoms with Crippen molar-refractivity contribution in [1.82, 2.24) is 0 Å². The molecule has 0 saturated carbocycles. The van der Waals surface area contributed by atoms with Crippen LogP contribution in [0.25, 0.3) is 0 Å². The predicted octanol–water partition coefficient (Wildman–Crippen LogP) is 1.35. The molecule has 0 bridgehead atoms. The Kier molecular flexibility index (Phi) is 3.36. The first kappa shape index (κ1) is 10.6. The van der Waals surface area contributed by atoms with E-state index in [1.807, 2.05) is 37.3 Å². The first-order valence-electron chi connectivity index (χ1n) is 5.22. The van der Waals surface area contributed by atoms with Gasteiger partial charge in [0.15, 0.2) is 0 Å². The molecule has 3 atom stereocenters. The normalized spacial score (nSPS) is 26.3. The van der Waals surface area contributed by atoms with Gasteiger partial charge in [-0.15, -0.1) is 0 Å². The molecule has 0 aromatic heterocycles. The highest BCUT2D eigenvalue weighted by molar-refractivity contribution is 5.13. The fraction of sp³-hybridized carbons (Fsp3) is 0.500. The minimum absolute atomic E-state index is 0.0271. The molecule has 15 heavy (non-hydrogen) atoms. The number of hydrogen-bond donors (Lipinski definition) is 1. The largest absolute Gasteiger partial charge is 0.388 e. The molecule has 3 heteroatoms. The van der Waals surface area contributed by atoms with Gasteiger partial charge < -0.3 is 14.6 Å². The Morgan fingerprint density at radius 2 is 2.07 bits per heavy atom. The summed E-state index contributed by atoms with van der Waals surface area (Å²) in [5.74, 6) is 0. The summed E-state index contributed by atoms with van der Waals surface area (Å²) < 4.78 is 10.6. The lowest BCUT2D eigenvalue weighted by atomic mass is 10.2. The van der Waals surface area contributed by atoms with Gasteiger partial charge in [-0.05, 0) is 12.5 Å². The maximum absolute atomic E-state index is 9.59. The Hall–Kier alpha value is -0.900. The van der Waals surface area contributed by atoms with E-state index in [9.17, 15) is 5.11 Å². The highest BCUT2D eigenvalue weighted by Gasteiger charge is 2.40. The number of rotatable bonds is 5. The van der Waals surface area contributed by atoms with Gasteiger partial charge in [-0.3, -0.25) is 0 Å². The van der Waals surface area contributed by atoms with Gasteiger partial charge >= 0.3 is 0 Å². The highest BCUT2D eigenvalue weighted by Crippen LogP contribution is 2.24. The molecule has 3 nitrogen and oxygen atoms in total. The summed E-state index contributed by atoms with van der Waals surface area (Å²) in [5.41, 5.74) is 1.12. The number of aliphatic hydroxyl groups is 1. The fourth-order valence-corrected chi connectivity index (χ4v) is 1.57. The van der Waals surface area contributed by atoms with Crippen LogP contribution in [0.15, 0.2) is 30.3 Å². The summed E-state index contributed by atoms with van der Waals surface area (Å²) in [7, 11) is 0. The lowest BCUT2D eigenvalue weighted by molar-refractivity contribution is 0.0148. The van der Waals surface area contributed by atoms with Crippen LogP contribution in [0.3, 0.4) is 0 Å². The Bertz CT molecular complexity index is 299. The molecule has 1 aliphatic rings. The third-order valence-corrected chi connectivity index (χ3v) is 2.54. The Morgan fingerprint density at radius 1 is 1.40 bits per heavy atom. The van der Waals surface area contributed by atoms with E-state index < -0.39 is 6.10 Å². The predicted molar refractivity (Wildman–Crippen MR) is 56.4 cm³/mol. The van der Waals surface area contributed by atoms with Crippen molar-refractivity contribution in [3.8, 4) is 0 Å². The summed E-state index contributed by atoms with van der Waals surface area (Å²) in [4.78, 5) is 0. The van der Waals surface area contributed by atoms with E-state index in [-0.39, 0.29) is 12.2 Å². The number of ether oxygens (including phenoxy) is 2. The van der Waals surface area contributed by atoms with Crippen LogP contribution >= 0.6 is 0 Å². The van der Waals surface area contributed by atoms with Gasteiger partial charge in [0.1, 0.15) is 12.2 Å². The third-order valence-electron chi connectivity index (χ3n) is 2.54. The Balaban J connectivity index is 1.67. The SMILES string of the molecule is C[C@H]1O[C@@H]1[C@H](O)COCc1ccccc1. The average molecular weight is 208 g/mol. The zero-order valence-corrected chi connectivity index (χ0v) is 8.80. The summed E-state index contributed by atoms with van der Waals surface area (Å²) in [5, 5.41) is 9.59. The van der Waals surface area contributed by atoms with Crippen LogP contribution in [0.5, 0.6) is 0 Å². The molecule has 1 aromatic carbocycles. The number of hydrogen-bond acceptors (Lipinski definition) is 3. The van der Waals surface area contributed by atoms with Crippen LogP contribution in [0.4, 0.5) is 0 Å². The van der Waals surface area contributed by atoms with Gasteiger partial charge in [0, 0.05) is 0 Å². The van der Waals surface area contributed by atoms with Crippen LogP contribution in [0.2, 0.25) is 0 Å². The number of benzene rings is 1. The standard InChI is InChI=1S/C12H16O3/c1-9-12(15-9)11(13)8-14-7-10-5-3-2-4-6-10/h2-6,9,11-13H,7-8H2,1H3/t9-,11-,12+/m1/s1. The highest BCUT2D eigenvalue weighted by atomic mass is 16.6. The van der Waals surface area contributed by atoms with E-state index in [1.54, 1.807) is 0 Å². The van der Waals surface area contributed by atoms with E-state index in [4.69, 9.17) is 9.47 Å². The van der Waals surface area contributed by atoms with Gasteiger partial charge in [0.25, 0.3) is 0 Å². The van der Waals surface area contributed by atoms with Crippen molar-refractivity contribution in [1.29, 1.82) is 0 Å². The van der Waals surface area contributed by atoms with Gasteiger partial charge in [0.2, 0.25) is 0 Å². The minimum atomic E-state index is -0.497. The van der Waals surface area contributed by atoms with Gasteiger partial charge in [-0.1, -0.05) is 30.3 Å². The van der Waals surface area contributed by atoms with Gasteiger partial charge in [-0.25, -0.2) is 0 Å². The van der Waals surface area contributed by atoms with Gasteiger partial charge in [0.05, 0.1) is 19.3 Å². The van der Waals surface area contributed by atoms with Crippen molar-refractivity contribution in [3.05, 3.63) is 35.9 Å². The van der Waals surface area contributed by atoms with Crippen LogP contribution in [0.1, 0.15) is 12.5 Å². The van der Waals surface area contributed by atoms with Crippen molar-refractivity contribution in [3.63, 3.8) is 0 Å². The third kappa shape index (κ3) is 3.02. The van der Waals surface area contributed by atoms with E-state index >= 15 is 0 Å². The van der Waals surface area contributed by atoms with Crippen molar-refractivity contribution < 1.29 is 14.6 Å². The number of epoxide rings is 1. The first-order chi connectivity index (χ1) is 7.27. The summed E-state index contributed by atoms with van der Waals surface area (Å²) in [6, 6.07) is 9.92. The lowest BCUT2D eigenvalue weighted by Crippen LogP contribution is -2.22. The van der Waals surface area contributed by atoms with E-state index in [2.05, 4.69) is 0 Å². The van der Waals surface area contributed by atoms with Crippen molar-refractivity contribution in [2.45, 2.75) is 31.8 Å². The topological polar surface area (TPSA) is 42.0 Å².